The van der Waals surface area contributed by atoms with Crippen LogP contribution >= 0.6 is 22.6 Å². The van der Waals surface area contributed by atoms with Crippen LogP contribution in [0.3, 0.4) is 0 Å². The molecule has 0 fully saturated rings. The van der Waals surface area contributed by atoms with Gasteiger partial charge in [-0.15, -0.1) is 5.47 Å². The van der Waals surface area contributed by atoms with Crippen LogP contribution in [0.1, 0.15) is 12.8 Å². The molecule has 0 aromatic heterocycles. The highest BCUT2D eigenvalue weighted by Gasteiger charge is 1.95. The zero-order chi connectivity index (χ0) is 5.98. The first-order valence-corrected chi connectivity index (χ1v) is 3.68. The van der Waals surface area contributed by atoms with Gasteiger partial charge in [-0.2, -0.15) is 0 Å². The van der Waals surface area contributed by atoms with Gasteiger partial charge in [0.2, 0.25) is 0 Å². The average Bonchev–Trinajstić information content (AvgIpc) is 1.64. The van der Waals surface area contributed by atoms with Crippen molar-refractivity contribution in [3.05, 3.63) is 21.2 Å². The summed E-state index contributed by atoms with van der Waals surface area (Å²) in [6, 6.07) is 0. The van der Waals surface area contributed by atoms with Crippen molar-refractivity contribution < 1.29 is 0 Å². The Hall–Kier alpha value is 0.275. The first-order valence-electron chi connectivity index (χ1n) is 2.61. The molecule has 0 N–H and O–H groups in total. The molecule has 8 heavy (non-hydrogen) atoms. The first kappa shape index (κ1) is 6.40. The second-order valence-corrected chi connectivity index (χ2v) is 3.09. The molecular formula is C6H6BI. The Labute approximate surface area is 64.6 Å². The predicted molar refractivity (Wildman–Crippen MR) is 45.2 cm³/mol. The van der Waals surface area contributed by atoms with Crippen LogP contribution in [0.5, 0.6) is 0 Å². The van der Waals surface area contributed by atoms with Gasteiger partial charge in [0.1, 0.15) is 7.85 Å². The summed E-state index contributed by atoms with van der Waals surface area (Å²) < 4.78 is 1.27. The molecule has 0 atom stereocenters. The van der Waals surface area contributed by atoms with Crippen LogP contribution in [0, 0.1) is 0 Å². The molecule has 1 rings (SSSR count). The van der Waals surface area contributed by atoms with Crippen molar-refractivity contribution in [2.45, 2.75) is 12.8 Å². The van der Waals surface area contributed by atoms with E-state index in [9.17, 15) is 0 Å². The maximum absolute atomic E-state index is 5.54. The molecule has 1 aliphatic carbocycles. The molecule has 1 aliphatic rings. The lowest BCUT2D eigenvalue weighted by molar-refractivity contribution is 1.01. The number of hydrogen-bond donors (Lipinski definition) is 0. The molecule has 40 valence electrons. The van der Waals surface area contributed by atoms with Crippen molar-refractivity contribution in [1.82, 2.24) is 0 Å². The van der Waals surface area contributed by atoms with E-state index < -0.39 is 0 Å². The number of rotatable bonds is 0. The Kier molecular flexibility index (Phi) is 2.17. The average molecular weight is 216 g/mol. The van der Waals surface area contributed by atoms with E-state index in [0.29, 0.717) is 0 Å². The lowest BCUT2D eigenvalue weighted by Crippen LogP contribution is -1.86. The minimum Gasteiger partial charge on any atom is -0.116 e. The van der Waals surface area contributed by atoms with Gasteiger partial charge in [0.25, 0.3) is 0 Å². The highest BCUT2D eigenvalue weighted by Crippen LogP contribution is 2.18. The zero-order valence-electron chi connectivity index (χ0n) is 4.52. The highest BCUT2D eigenvalue weighted by molar-refractivity contribution is 14.1. The summed E-state index contributed by atoms with van der Waals surface area (Å²) in [4.78, 5) is 0. The van der Waals surface area contributed by atoms with E-state index in [0.717, 1.165) is 18.3 Å². The molecule has 0 unspecified atom stereocenters. The van der Waals surface area contributed by atoms with Crippen molar-refractivity contribution in [2.24, 2.45) is 0 Å². The van der Waals surface area contributed by atoms with Gasteiger partial charge in [0, 0.05) is 3.58 Å². The predicted octanol–water partition coefficient (Wildman–Crippen LogP) is 2.15. The fourth-order valence-electron chi connectivity index (χ4n) is 0.685. The summed E-state index contributed by atoms with van der Waals surface area (Å²) >= 11 is 2.28. The molecule has 0 spiro atoms. The topological polar surface area (TPSA) is 0 Å². The molecule has 0 bridgehead atoms. The minimum atomic E-state index is 1.01. The number of allylic oxidation sites excluding steroid dienone is 4. The van der Waals surface area contributed by atoms with E-state index in [1.54, 1.807) is 0 Å². The largest absolute Gasteiger partial charge is 0.116 e. The van der Waals surface area contributed by atoms with E-state index in [2.05, 4.69) is 28.7 Å². The number of hydrogen-bond acceptors (Lipinski definition) is 0. The maximum Gasteiger partial charge on any atom is 0.107 e. The van der Waals surface area contributed by atoms with Crippen LogP contribution in [0.25, 0.3) is 0 Å². The van der Waals surface area contributed by atoms with Gasteiger partial charge >= 0.3 is 0 Å². The SMILES string of the molecule is [B]C1=CC(I)=CCC1. The Balaban J connectivity index is 2.69. The standard InChI is InChI=1S/C6H6BI/c7-5-2-1-3-6(8)4-5/h3-4H,1-2H2. The van der Waals surface area contributed by atoms with Gasteiger partial charge in [-0.3, -0.25) is 0 Å². The van der Waals surface area contributed by atoms with Gasteiger partial charge < -0.3 is 0 Å². The van der Waals surface area contributed by atoms with Crippen LogP contribution in [0.15, 0.2) is 21.2 Å². The molecule has 0 heterocycles. The van der Waals surface area contributed by atoms with Crippen LogP contribution in [-0.2, 0) is 0 Å². The van der Waals surface area contributed by atoms with E-state index in [1.807, 2.05) is 6.08 Å². The molecule has 2 radical (unpaired) electrons. The fourth-order valence-corrected chi connectivity index (χ4v) is 1.40. The Morgan fingerprint density at radius 1 is 1.62 bits per heavy atom. The lowest BCUT2D eigenvalue weighted by Gasteiger charge is -2.03. The third-order valence-electron chi connectivity index (χ3n) is 1.10. The second-order valence-electron chi connectivity index (χ2n) is 1.85. The monoisotopic (exact) mass is 216 g/mol. The highest BCUT2D eigenvalue weighted by atomic mass is 127. The number of halogens is 1. The quantitative estimate of drug-likeness (QED) is 0.429. The molecule has 0 saturated heterocycles. The van der Waals surface area contributed by atoms with Crippen molar-refractivity contribution in [3.63, 3.8) is 0 Å². The zero-order valence-corrected chi connectivity index (χ0v) is 6.68. The molecule has 0 aliphatic heterocycles. The van der Waals surface area contributed by atoms with E-state index in [4.69, 9.17) is 7.85 Å². The Bertz CT molecular complexity index is 147. The Morgan fingerprint density at radius 3 is 2.75 bits per heavy atom. The van der Waals surface area contributed by atoms with Crippen molar-refractivity contribution in [2.75, 3.05) is 0 Å². The van der Waals surface area contributed by atoms with Crippen molar-refractivity contribution >= 4 is 30.4 Å². The van der Waals surface area contributed by atoms with Crippen LogP contribution in [0.4, 0.5) is 0 Å². The normalized spacial score (nSPS) is 19.6. The van der Waals surface area contributed by atoms with Gasteiger partial charge in [-0.25, -0.2) is 0 Å². The van der Waals surface area contributed by atoms with Crippen LogP contribution in [0.2, 0.25) is 0 Å². The van der Waals surface area contributed by atoms with E-state index >= 15 is 0 Å². The summed E-state index contributed by atoms with van der Waals surface area (Å²) in [5.41, 5.74) is 1.01. The van der Waals surface area contributed by atoms with Gasteiger partial charge in [-0.1, -0.05) is 12.2 Å². The Morgan fingerprint density at radius 2 is 2.38 bits per heavy atom. The minimum absolute atomic E-state index is 1.01. The third-order valence-corrected chi connectivity index (χ3v) is 1.85. The molecule has 0 aromatic carbocycles. The van der Waals surface area contributed by atoms with Gasteiger partial charge in [0.15, 0.2) is 0 Å². The van der Waals surface area contributed by atoms with E-state index in [-0.39, 0.29) is 0 Å². The summed E-state index contributed by atoms with van der Waals surface area (Å²) in [5.74, 6) is 0. The first-order chi connectivity index (χ1) is 3.79. The van der Waals surface area contributed by atoms with Gasteiger partial charge in [-0.05, 0) is 35.4 Å². The summed E-state index contributed by atoms with van der Waals surface area (Å²) in [6.45, 7) is 0. The summed E-state index contributed by atoms with van der Waals surface area (Å²) in [7, 11) is 5.54. The molecule has 0 aromatic rings. The van der Waals surface area contributed by atoms with Crippen LogP contribution < -0.4 is 0 Å². The lowest BCUT2D eigenvalue weighted by atomic mass is 9.88. The molecular weight excluding hydrogens is 210 g/mol. The second kappa shape index (κ2) is 2.71. The smallest absolute Gasteiger partial charge is 0.107 e. The molecule has 0 amide bonds. The summed E-state index contributed by atoms with van der Waals surface area (Å²) in [5, 5.41) is 0. The third kappa shape index (κ3) is 1.65. The molecule has 0 saturated carbocycles. The molecule has 2 heteroatoms. The van der Waals surface area contributed by atoms with E-state index in [1.165, 1.54) is 3.58 Å². The molecule has 0 nitrogen and oxygen atoms in total. The fraction of sp³-hybridized carbons (Fsp3) is 0.333. The van der Waals surface area contributed by atoms with Crippen molar-refractivity contribution in [1.29, 1.82) is 0 Å². The van der Waals surface area contributed by atoms with Gasteiger partial charge in [0.05, 0.1) is 0 Å². The maximum atomic E-state index is 5.54. The van der Waals surface area contributed by atoms with Crippen LogP contribution in [-0.4, -0.2) is 7.85 Å². The summed E-state index contributed by atoms with van der Waals surface area (Å²) in [6.07, 6.45) is 6.36. The van der Waals surface area contributed by atoms with Crippen molar-refractivity contribution in [3.8, 4) is 0 Å².